The Labute approximate surface area is 151 Å². The van der Waals surface area contributed by atoms with Crippen molar-refractivity contribution in [1.29, 1.82) is 0 Å². The Balaban J connectivity index is 1.71. The molecule has 0 radical (unpaired) electrons. The average Bonchev–Trinajstić information content (AvgIpc) is 3.17. The van der Waals surface area contributed by atoms with Gasteiger partial charge in [-0.1, -0.05) is 19.8 Å². The summed E-state index contributed by atoms with van der Waals surface area (Å²) in [4.78, 5) is 59.9. The zero-order valence-electron chi connectivity index (χ0n) is 14.8. The highest BCUT2D eigenvalue weighted by Crippen LogP contribution is 2.34. The highest BCUT2D eigenvalue weighted by atomic mass is 16.5. The van der Waals surface area contributed by atoms with Gasteiger partial charge in [-0.2, -0.15) is 0 Å². The second kappa shape index (κ2) is 8.63. The summed E-state index contributed by atoms with van der Waals surface area (Å²) in [7, 11) is 0. The van der Waals surface area contributed by atoms with Crippen molar-refractivity contribution in [1.82, 2.24) is 20.9 Å². The first-order valence-electron chi connectivity index (χ1n) is 8.71. The van der Waals surface area contributed by atoms with Gasteiger partial charge in [-0.25, -0.2) is 4.79 Å². The van der Waals surface area contributed by atoms with Crippen LogP contribution in [0.4, 0.5) is 4.79 Å². The third-order valence-corrected chi connectivity index (χ3v) is 4.37. The van der Waals surface area contributed by atoms with Crippen molar-refractivity contribution in [3.8, 4) is 0 Å². The van der Waals surface area contributed by atoms with Gasteiger partial charge in [-0.05, 0) is 19.3 Å². The molecule has 10 heteroatoms. The van der Waals surface area contributed by atoms with Gasteiger partial charge in [-0.3, -0.25) is 24.1 Å². The molecule has 0 atom stereocenters. The molecule has 2 rings (SSSR count). The fraction of sp³-hybridized carbons (Fsp3) is 0.688. The third-order valence-electron chi connectivity index (χ3n) is 4.37. The van der Waals surface area contributed by atoms with E-state index in [1.54, 1.807) is 0 Å². The number of nitrogens with one attached hydrogen (secondary N) is 3. The zero-order chi connectivity index (χ0) is 19.2. The lowest BCUT2D eigenvalue weighted by molar-refractivity contribution is -0.151. The van der Waals surface area contributed by atoms with E-state index in [1.165, 1.54) is 0 Å². The Morgan fingerprint density at radius 2 is 1.85 bits per heavy atom. The van der Waals surface area contributed by atoms with Crippen LogP contribution in [-0.2, 0) is 23.9 Å². The number of esters is 1. The standard InChI is InChI=1S/C16H24N4O6/c1-2-7-17-11(21)8-18-12(22)10-26-13(23)9-20-14(24)16(19-15(20)25)5-3-4-6-16/h2-10H2,1H3,(H,17,21)(H,18,22)(H,19,25). The highest BCUT2D eigenvalue weighted by Gasteiger charge is 2.52. The van der Waals surface area contributed by atoms with E-state index in [2.05, 4.69) is 16.0 Å². The van der Waals surface area contributed by atoms with Crippen LogP contribution in [0.1, 0.15) is 39.0 Å². The first kappa shape index (κ1) is 19.7. The van der Waals surface area contributed by atoms with Crippen LogP contribution < -0.4 is 16.0 Å². The van der Waals surface area contributed by atoms with Gasteiger partial charge < -0.3 is 20.7 Å². The maximum atomic E-state index is 12.4. The van der Waals surface area contributed by atoms with Crippen molar-refractivity contribution in [3.05, 3.63) is 0 Å². The van der Waals surface area contributed by atoms with E-state index in [9.17, 15) is 24.0 Å². The van der Waals surface area contributed by atoms with E-state index in [0.29, 0.717) is 19.4 Å². The Kier molecular flexibility index (Phi) is 6.53. The second-order valence-corrected chi connectivity index (χ2v) is 6.40. The summed E-state index contributed by atoms with van der Waals surface area (Å²) in [6, 6.07) is -0.620. The van der Waals surface area contributed by atoms with Crippen molar-refractivity contribution in [2.45, 2.75) is 44.6 Å². The molecule has 2 fully saturated rings. The van der Waals surface area contributed by atoms with E-state index >= 15 is 0 Å². The van der Waals surface area contributed by atoms with Crippen LogP contribution in [0.2, 0.25) is 0 Å². The minimum Gasteiger partial charge on any atom is -0.454 e. The lowest BCUT2D eigenvalue weighted by atomic mass is 9.98. The minimum absolute atomic E-state index is 0.216. The van der Waals surface area contributed by atoms with Crippen LogP contribution in [0.25, 0.3) is 0 Å². The molecule has 0 aromatic heterocycles. The first-order chi connectivity index (χ1) is 12.4. The quantitative estimate of drug-likeness (QED) is 0.373. The van der Waals surface area contributed by atoms with Crippen LogP contribution in [0, 0.1) is 0 Å². The molecule has 0 aromatic carbocycles. The molecule has 3 N–H and O–H groups in total. The van der Waals surface area contributed by atoms with Gasteiger partial charge in [0, 0.05) is 6.54 Å². The Hall–Kier alpha value is -2.65. The number of hydrogen-bond acceptors (Lipinski definition) is 6. The molecule has 0 bridgehead atoms. The van der Waals surface area contributed by atoms with Crippen molar-refractivity contribution < 1.29 is 28.7 Å². The molecule has 1 spiro atoms. The van der Waals surface area contributed by atoms with Crippen LogP contribution >= 0.6 is 0 Å². The number of carbonyl (C=O) groups is 5. The summed E-state index contributed by atoms with van der Waals surface area (Å²) in [5, 5.41) is 7.55. The average molecular weight is 368 g/mol. The van der Waals surface area contributed by atoms with Crippen LogP contribution in [0.15, 0.2) is 0 Å². The van der Waals surface area contributed by atoms with E-state index < -0.39 is 42.5 Å². The summed E-state index contributed by atoms with van der Waals surface area (Å²) in [5.74, 6) is -2.27. The normalized spacial score (nSPS) is 18.0. The molecule has 5 amide bonds. The lowest BCUT2D eigenvalue weighted by Crippen LogP contribution is -2.44. The fourth-order valence-electron chi connectivity index (χ4n) is 3.01. The molecule has 10 nitrogen and oxygen atoms in total. The number of rotatable bonds is 8. The Bertz CT molecular complexity index is 600. The van der Waals surface area contributed by atoms with Gasteiger partial charge in [0.2, 0.25) is 5.91 Å². The predicted octanol–water partition coefficient (Wildman–Crippen LogP) is -0.963. The van der Waals surface area contributed by atoms with E-state index in [4.69, 9.17) is 4.74 Å². The molecule has 1 aliphatic heterocycles. The van der Waals surface area contributed by atoms with Gasteiger partial charge in [0.05, 0.1) is 6.54 Å². The number of nitrogens with zero attached hydrogens (tertiary/aromatic N) is 1. The molecule has 1 aliphatic carbocycles. The van der Waals surface area contributed by atoms with Gasteiger partial charge in [0.1, 0.15) is 12.1 Å². The minimum atomic E-state index is -0.888. The number of hydrogen-bond donors (Lipinski definition) is 3. The zero-order valence-corrected chi connectivity index (χ0v) is 14.8. The maximum absolute atomic E-state index is 12.4. The third kappa shape index (κ3) is 4.70. The van der Waals surface area contributed by atoms with Gasteiger partial charge in [-0.15, -0.1) is 0 Å². The molecule has 1 heterocycles. The molecule has 144 valence electrons. The maximum Gasteiger partial charge on any atom is 0.326 e. The highest BCUT2D eigenvalue weighted by molar-refractivity contribution is 6.08. The summed E-state index contributed by atoms with van der Waals surface area (Å²) in [6.45, 7) is 1.06. The number of urea groups is 1. The monoisotopic (exact) mass is 368 g/mol. The first-order valence-corrected chi connectivity index (χ1v) is 8.71. The fourth-order valence-corrected chi connectivity index (χ4v) is 3.01. The molecule has 26 heavy (non-hydrogen) atoms. The number of amides is 5. The summed E-state index contributed by atoms with van der Waals surface area (Å²) in [5.41, 5.74) is -0.888. The molecule has 1 saturated heterocycles. The molecule has 0 aromatic rings. The second-order valence-electron chi connectivity index (χ2n) is 6.40. The van der Waals surface area contributed by atoms with Crippen LogP contribution in [0.5, 0.6) is 0 Å². The number of imide groups is 1. The Morgan fingerprint density at radius 3 is 2.50 bits per heavy atom. The smallest absolute Gasteiger partial charge is 0.326 e. The van der Waals surface area contributed by atoms with Crippen LogP contribution in [-0.4, -0.2) is 66.4 Å². The lowest BCUT2D eigenvalue weighted by Gasteiger charge is -2.19. The largest absolute Gasteiger partial charge is 0.454 e. The summed E-state index contributed by atoms with van der Waals surface area (Å²) in [6.07, 6.45) is 3.59. The number of carbonyl (C=O) groups excluding carboxylic acids is 5. The van der Waals surface area contributed by atoms with Gasteiger partial charge >= 0.3 is 12.0 Å². The topological polar surface area (TPSA) is 134 Å². The van der Waals surface area contributed by atoms with Crippen LogP contribution in [0.3, 0.4) is 0 Å². The van der Waals surface area contributed by atoms with E-state index in [-0.39, 0.29) is 12.5 Å². The molecule has 0 unspecified atom stereocenters. The summed E-state index contributed by atoms with van der Waals surface area (Å²) < 4.78 is 4.77. The van der Waals surface area contributed by atoms with Gasteiger partial charge in [0.25, 0.3) is 11.8 Å². The Morgan fingerprint density at radius 1 is 1.15 bits per heavy atom. The van der Waals surface area contributed by atoms with Gasteiger partial charge in [0.15, 0.2) is 6.61 Å². The molecule has 2 aliphatic rings. The van der Waals surface area contributed by atoms with Crippen molar-refractivity contribution in [3.63, 3.8) is 0 Å². The summed E-state index contributed by atoms with van der Waals surface area (Å²) >= 11 is 0. The van der Waals surface area contributed by atoms with Crippen molar-refractivity contribution in [2.75, 3.05) is 26.2 Å². The van der Waals surface area contributed by atoms with E-state index in [1.807, 2.05) is 6.92 Å². The van der Waals surface area contributed by atoms with Crippen molar-refractivity contribution in [2.24, 2.45) is 0 Å². The van der Waals surface area contributed by atoms with E-state index in [0.717, 1.165) is 24.2 Å². The van der Waals surface area contributed by atoms with Crippen molar-refractivity contribution >= 4 is 29.7 Å². The predicted molar refractivity (Wildman–Crippen MR) is 88.7 cm³/mol. The number of ether oxygens (including phenoxy) is 1. The SMILES string of the molecule is CCCNC(=O)CNC(=O)COC(=O)CN1C(=O)NC2(CCCC2)C1=O. The molecule has 1 saturated carbocycles. The molecular formula is C16H24N4O6. The molecular weight excluding hydrogens is 344 g/mol.